The van der Waals surface area contributed by atoms with E-state index in [1.807, 2.05) is 0 Å². The molecule has 0 radical (unpaired) electrons. The maximum atomic E-state index is 13.1. The Kier molecular flexibility index (Phi) is 6.41. The second-order valence-corrected chi connectivity index (χ2v) is 5.22. The molecule has 0 aliphatic rings. The van der Waals surface area contributed by atoms with Crippen LogP contribution in [0.2, 0.25) is 5.02 Å². The number of likely N-dealkylation sites (N-methyl/N-ethyl adjacent to an activating group) is 1. The van der Waals surface area contributed by atoms with Gasteiger partial charge in [0.2, 0.25) is 0 Å². The van der Waals surface area contributed by atoms with E-state index < -0.39 is 11.4 Å². The third kappa shape index (κ3) is 4.17. The Morgan fingerprint density at radius 3 is 2.55 bits per heavy atom. The van der Waals surface area contributed by atoms with Gasteiger partial charge in [-0.2, -0.15) is 5.26 Å². The minimum absolute atomic E-state index is 0.268. The van der Waals surface area contributed by atoms with Gasteiger partial charge in [-0.05, 0) is 32.1 Å². The van der Waals surface area contributed by atoms with Gasteiger partial charge in [0.1, 0.15) is 11.4 Å². The van der Waals surface area contributed by atoms with Gasteiger partial charge in [0.25, 0.3) is 0 Å². The second-order valence-electron chi connectivity index (χ2n) is 4.81. The van der Waals surface area contributed by atoms with Crippen molar-refractivity contribution in [3.63, 3.8) is 0 Å². The van der Waals surface area contributed by atoms with Crippen LogP contribution in [0.15, 0.2) is 18.2 Å². The van der Waals surface area contributed by atoms with Gasteiger partial charge < -0.3 is 4.90 Å². The van der Waals surface area contributed by atoms with Crippen LogP contribution in [0.5, 0.6) is 0 Å². The highest BCUT2D eigenvalue weighted by atomic mass is 35.5. The van der Waals surface area contributed by atoms with Crippen LogP contribution in [0.1, 0.15) is 26.3 Å². The summed E-state index contributed by atoms with van der Waals surface area (Å²) in [5.74, 6) is -0.401. The molecule has 1 unspecified atom stereocenters. The van der Waals surface area contributed by atoms with Crippen molar-refractivity contribution in [2.45, 2.75) is 26.3 Å². The Hall–Kier alpha value is -1.15. The molecule has 1 aromatic carbocycles. The van der Waals surface area contributed by atoms with Gasteiger partial charge in [0.15, 0.2) is 0 Å². The Bertz CT molecular complexity index is 482. The largest absolute Gasteiger partial charge is 0.303 e. The van der Waals surface area contributed by atoms with Gasteiger partial charge in [-0.25, -0.2) is 4.39 Å². The van der Waals surface area contributed by atoms with E-state index in [0.29, 0.717) is 12.1 Å². The zero-order valence-corrected chi connectivity index (χ0v) is 13.0. The maximum absolute atomic E-state index is 13.1. The van der Waals surface area contributed by atoms with Gasteiger partial charge in [0.05, 0.1) is 6.07 Å². The smallest absolute Gasteiger partial charge is 0.130 e. The molecular formula is C15H21ClFN3. The lowest BCUT2D eigenvalue weighted by Crippen LogP contribution is -2.43. The van der Waals surface area contributed by atoms with Crippen LogP contribution in [-0.4, -0.2) is 31.1 Å². The molecule has 0 heterocycles. The lowest BCUT2D eigenvalue weighted by molar-refractivity contribution is 0.290. The zero-order valence-electron chi connectivity index (χ0n) is 12.2. The third-order valence-electron chi connectivity index (χ3n) is 3.49. The van der Waals surface area contributed by atoms with Gasteiger partial charge in [0, 0.05) is 23.7 Å². The van der Waals surface area contributed by atoms with Crippen LogP contribution in [0.4, 0.5) is 4.39 Å². The van der Waals surface area contributed by atoms with Crippen molar-refractivity contribution < 1.29 is 4.39 Å². The second kappa shape index (κ2) is 7.58. The molecule has 1 aromatic rings. The van der Waals surface area contributed by atoms with Crippen LogP contribution in [0.3, 0.4) is 0 Å². The SMILES string of the molecule is CCN(CC)CCNC(C)(C#N)c1ccc(F)cc1Cl. The molecule has 0 aliphatic heterocycles. The lowest BCUT2D eigenvalue weighted by Gasteiger charge is -2.27. The minimum atomic E-state index is -0.919. The van der Waals surface area contributed by atoms with E-state index >= 15 is 0 Å². The van der Waals surface area contributed by atoms with Crippen molar-refractivity contribution in [3.8, 4) is 6.07 Å². The monoisotopic (exact) mass is 297 g/mol. The van der Waals surface area contributed by atoms with Gasteiger partial charge in [-0.15, -0.1) is 0 Å². The number of nitriles is 1. The topological polar surface area (TPSA) is 39.1 Å². The fraction of sp³-hybridized carbons (Fsp3) is 0.533. The van der Waals surface area contributed by atoms with Crippen molar-refractivity contribution in [3.05, 3.63) is 34.6 Å². The maximum Gasteiger partial charge on any atom is 0.130 e. The molecule has 0 aliphatic carbocycles. The molecule has 0 amide bonds. The molecule has 0 bridgehead atoms. The first-order valence-electron chi connectivity index (χ1n) is 6.81. The number of benzene rings is 1. The minimum Gasteiger partial charge on any atom is -0.303 e. The molecule has 0 spiro atoms. The first kappa shape index (κ1) is 16.9. The van der Waals surface area contributed by atoms with Crippen LogP contribution in [0.25, 0.3) is 0 Å². The van der Waals surface area contributed by atoms with Crippen LogP contribution >= 0.6 is 11.6 Å². The summed E-state index contributed by atoms with van der Waals surface area (Å²) in [5.41, 5.74) is -0.319. The number of hydrogen-bond acceptors (Lipinski definition) is 3. The van der Waals surface area contributed by atoms with Crippen molar-refractivity contribution in [1.29, 1.82) is 5.26 Å². The molecule has 0 saturated carbocycles. The molecule has 20 heavy (non-hydrogen) atoms. The number of nitrogens with one attached hydrogen (secondary N) is 1. The van der Waals surface area contributed by atoms with Crippen LogP contribution in [-0.2, 0) is 5.54 Å². The van der Waals surface area contributed by atoms with Crippen molar-refractivity contribution >= 4 is 11.6 Å². The Morgan fingerprint density at radius 2 is 2.05 bits per heavy atom. The van der Waals surface area contributed by atoms with Crippen molar-refractivity contribution in [2.75, 3.05) is 26.2 Å². The fourth-order valence-corrected chi connectivity index (χ4v) is 2.45. The highest BCUT2D eigenvalue weighted by molar-refractivity contribution is 6.31. The molecule has 110 valence electrons. The molecule has 5 heteroatoms. The summed E-state index contributed by atoms with van der Waals surface area (Å²) in [7, 11) is 0. The summed E-state index contributed by atoms with van der Waals surface area (Å²) in [5, 5.41) is 12.9. The number of rotatable bonds is 7. The van der Waals surface area contributed by atoms with Gasteiger partial charge in [-0.3, -0.25) is 5.32 Å². The highest BCUT2D eigenvalue weighted by Gasteiger charge is 2.28. The average Bonchev–Trinajstić information content (AvgIpc) is 2.43. The molecule has 1 N–H and O–H groups in total. The molecule has 1 rings (SSSR count). The normalized spacial score (nSPS) is 14.1. The lowest BCUT2D eigenvalue weighted by atomic mass is 9.93. The molecule has 0 fully saturated rings. The van der Waals surface area contributed by atoms with E-state index in [-0.39, 0.29) is 5.02 Å². The molecule has 1 atom stereocenters. The standard InChI is InChI=1S/C15H21ClFN3/c1-4-20(5-2)9-8-19-15(3,11-18)13-7-6-12(17)10-14(13)16/h6-7,10,19H,4-5,8-9H2,1-3H3. The molecule has 0 aromatic heterocycles. The van der Waals surface area contributed by atoms with Crippen molar-refractivity contribution in [2.24, 2.45) is 0 Å². The number of halogens is 2. The quantitative estimate of drug-likeness (QED) is 0.840. The third-order valence-corrected chi connectivity index (χ3v) is 3.81. The van der Waals surface area contributed by atoms with Crippen LogP contribution < -0.4 is 5.32 Å². The van der Waals surface area contributed by atoms with Gasteiger partial charge in [-0.1, -0.05) is 31.5 Å². The highest BCUT2D eigenvalue weighted by Crippen LogP contribution is 2.28. The van der Waals surface area contributed by atoms with Gasteiger partial charge >= 0.3 is 0 Å². The van der Waals surface area contributed by atoms with E-state index in [1.165, 1.54) is 12.1 Å². The van der Waals surface area contributed by atoms with E-state index in [2.05, 4.69) is 30.1 Å². The van der Waals surface area contributed by atoms with E-state index in [0.717, 1.165) is 19.6 Å². The average molecular weight is 298 g/mol. The number of hydrogen-bond donors (Lipinski definition) is 1. The molecule has 3 nitrogen and oxygen atoms in total. The summed E-state index contributed by atoms with van der Waals surface area (Å²) >= 11 is 6.05. The number of nitrogens with zero attached hydrogens (tertiary/aromatic N) is 2. The summed E-state index contributed by atoms with van der Waals surface area (Å²) in [6, 6.07) is 6.35. The summed E-state index contributed by atoms with van der Waals surface area (Å²) in [6.45, 7) is 9.42. The van der Waals surface area contributed by atoms with E-state index in [1.54, 1.807) is 13.0 Å². The Morgan fingerprint density at radius 1 is 1.40 bits per heavy atom. The molecule has 0 saturated heterocycles. The molecular weight excluding hydrogens is 277 g/mol. The van der Waals surface area contributed by atoms with E-state index in [4.69, 9.17) is 11.6 Å². The van der Waals surface area contributed by atoms with Crippen molar-refractivity contribution in [1.82, 2.24) is 10.2 Å². The first-order chi connectivity index (χ1) is 9.46. The zero-order chi connectivity index (χ0) is 15.2. The predicted octanol–water partition coefficient (Wildman–Crippen LogP) is 3.15. The predicted molar refractivity (Wildman–Crippen MR) is 80.2 cm³/mol. The van der Waals surface area contributed by atoms with Crippen LogP contribution in [0, 0.1) is 17.1 Å². The summed E-state index contributed by atoms with van der Waals surface area (Å²) < 4.78 is 13.1. The summed E-state index contributed by atoms with van der Waals surface area (Å²) in [4.78, 5) is 2.26. The first-order valence-corrected chi connectivity index (χ1v) is 7.18. The fourth-order valence-electron chi connectivity index (χ4n) is 2.09. The Labute approximate surface area is 125 Å². The summed E-state index contributed by atoms with van der Waals surface area (Å²) in [6.07, 6.45) is 0. The van der Waals surface area contributed by atoms with E-state index in [9.17, 15) is 9.65 Å². The Balaban J connectivity index is 2.79.